The summed E-state index contributed by atoms with van der Waals surface area (Å²) in [5.41, 5.74) is -0.0122. The molecule has 0 aliphatic rings. The summed E-state index contributed by atoms with van der Waals surface area (Å²) in [5.74, 6) is 0. The van der Waals surface area contributed by atoms with E-state index >= 15 is 0 Å². The molecule has 15 heavy (non-hydrogen) atoms. The lowest BCUT2D eigenvalue weighted by Gasteiger charge is -2.00. The number of carbonyl (C=O) groups excluding carboxylic acids is 1. The van der Waals surface area contributed by atoms with Crippen molar-refractivity contribution in [3.05, 3.63) is 52.1 Å². The van der Waals surface area contributed by atoms with Gasteiger partial charge in [0, 0.05) is 0 Å². The second-order valence-electron chi connectivity index (χ2n) is 3.10. The van der Waals surface area contributed by atoms with Crippen molar-refractivity contribution in [3.8, 4) is 0 Å². The number of hydrogen-bond acceptors (Lipinski definition) is 3. The van der Waals surface area contributed by atoms with Gasteiger partial charge in [-0.1, -0.05) is 24.3 Å². The summed E-state index contributed by atoms with van der Waals surface area (Å²) in [5, 5.41) is 12.1. The molecule has 2 rings (SSSR count). The van der Waals surface area contributed by atoms with Gasteiger partial charge in [0.25, 0.3) is 5.69 Å². The van der Waals surface area contributed by atoms with Crippen molar-refractivity contribution >= 4 is 22.7 Å². The molecule has 0 bridgehead atoms. The Bertz CT molecular complexity index is 549. The quantitative estimate of drug-likeness (QED) is 0.426. The fraction of sp³-hybridized carbons (Fsp3) is 0. The van der Waals surface area contributed by atoms with Crippen LogP contribution in [0.2, 0.25) is 0 Å². The van der Waals surface area contributed by atoms with Gasteiger partial charge in [-0.15, -0.1) is 0 Å². The fourth-order valence-electron chi connectivity index (χ4n) is 1.57. The van der Waals surface area contributed by atoms with Crippen LogP contribution in [0.3, 0.4) is 0 Å². The molecule has 0 saturated carbocycles. The van der Waals surface area contributed by atoms with Crippen LogP contribution in [0.15, 0.2) is 36.4 Å². The van der Waals surface area contributed by atoms with Crippen LogP contribution in [0.5, 0.6) is 0 Å². The topological polar surface area (TPSA) is 60.2 Å². The van der Waals surface area contributed by atoms with E-state index in [0.29, 0.717) is 11.7 Å². The van der Waals surface area contributed by atoms with Gasteiger partial charge in [-0.2, -0.15) is 0 Å². The highest BCUT2D eigenvalue weighted by molar-refractivity contribution is 5.98. The van der Waals surface area contributed by atoms with Crippen LogP contribution in [0, 0.1) is 10.1 Å². The normalized spacial score (nSPS) is 10.1. The van der Waals surface area contributed by atoms with Crippen LogP contribution >= 0.6 is 0 Å². The molecule has 0 heterocycles. The summed E-state index contributed by atoms with van der Waals surface area (Å²) in [6.07, 6.45) is 0.505. The number of rotatable bonds is 2. The SMILES string of the molecule is O=Cc1ccc2ccccc2c1[N+](=O)[O-]. The molecule has 0 N–H and O–H groups in total. The Morgan fingerprint density at radius 1 is 1.13 bits per heavy atom. The maximum atomic E-state index is 10.8. The minimum absolute atomic E-state index is 0.110. The second kappa shape index (κ2) is 3.49. The van der Waals surface area contributed by atoms with E-state index in [4.69, 9.17) is 0 Å². The molecule has 0 spiro atoms. The van der Waals surface area contributed by atoms with Crippen molar-refractivity contribution in [2.75, 3.05) is 0 Å². The largest absolute Gasteiger partial charge is 0.298 e. The summed E-state index contributed by atoms with van der Waals surface area (Å²) < 4.78 is 0. The van der Waals surface area contributed by atoms with Gasteiger partial charge in [-0.05, 0) is 17.5 Å². The monoisotopic (exact) mass is 201 g/mol. The molecule has 0 unspecified atom stereocenters. The number of benzene rings is 2. The van der Waals surface area contributed by atoms with E-state index in [1.54, 1.807) is 30.3 Å². The predicted octanol–water partition coefficient (Wildman–Crippen LogP) is 2.56. The van der Waals surface area contributed by atoms with E-state index in [2.05, 4.69) is 0 Å². The van der Waals surface area contributed by atoms with Crippen molar-refractivity contribution in [1.82, 2.24) is 0 Å². The highest BCUT2D eigenvalue weighted by Gasteiger charge is 2.16. The highest BCUT2D eigenvalue weighted by atomic mass is 16.6. The average molecular weight is 201 g/mol. The summed E-state index contributed by atoms with van der Waals surface area (Å²) in [6, 6.07) is 10.1. The predicted molar refractivity (Wildman–Crippen MR) is 56.0 cm³/mol. The maximum Gasteiger partial charge on any atom is 0.287 e. The van der Waals surface area contributed by atoms with Crippen LogP contribution < -0.4 is 0 Å². The van der Waals surface area contributed by atoms with Crippen molar-refractivity contribution in [2.45, 2.75) is 0 Å². The molecule has 0 atom stereocenters. The minimum Gasteiger partial charge on any atom is -0.298 e. The van der Waals surface area contributed by atoms with Gasteiger partial charge in [0.2, 0.25) is 0 Å². The van der Waals surface area contributed by atoms with E-state index in [1.807, 2.05) is 0 Å². The molecule has 0 fully saturated rings. The smallest absolute Gasteiger partial charge is 0.287 e. The summed E-state index contributed by atoms with van der Waals surface area (Å²) in [6.45, 7) is 0. The lowest BCUT2D eigenvalue weighted by molar-refractivity contribution is -0.383. The van der Waals surface area contributed by atoms with E-state index in [1.165, 1.54) is 6.07 Å². The molecule has 0 amide bonds. The molecule has 4 heteroatoms. The van der Waals surface area contributed by atoms with Crippen molar-refractivity contribution < 1.29 is 9.72 Å². The molecule has 0 saturated heterocycles. The number of fused-ring (bicyclic) bond motifs is 1. The number of nitro groups is 1. The van der Waals surface area contributed by atoms with Gasteiger partial charge in [-0.25, -0.2) is 0 Å². The Hall–Kier alpha value is -2.23. The van der Waals surface area contributed by atoms with Gasteiger partial charge >= 0.3 is 0 Å². The first kappa shape index (κ1) is 9.33. The van der Waals surface area contributed by atoms with Crippen molar-refractivity contribution in [1.29, 1.82) is 0 Å². The Balaban J connectivity index is 2.90. The van der Waals surface area contributed by atoms with Crippen molar-refractivity contribution in [2.24, 2.45) is 0 Å². The highest BCUT2D eigenvalue weighted by Crippen LogP contribution is 2.28. The second-order valence-corrected chi connectivity index (χ2v) is 3.10. The van der Waals surface area contributed by atoms with Gasteiger partial charge in [0.1, 0.15) is 0 Å². The van der Waals surface area contributed by atoms with E-state index in [0.717, 1.165) is 5.39 Å². The number of aldehydes is 1. The Morgan fingerprint density at radius 3 is 2.53 bits per heavy atom. The first-order chi connectivity index (χ1) is 7.24. The number of nitrogens with zero attached hydrogens (tertiary/aromatic N) is 1. The van der Waals surface area contributed by atoms with Crippen LogP contribution in [0.4, 0.5) is 5.69 Å². The molecule has 74 valence electrons. The number of hydrogen-bond donors (Lipinski definition) is 0. The Labute approximate surface area is 85.3 Å². The van der Waals surface area contributed by atoms with Crippen molar-refractivity contribution in [3.63, 3.8) is 0 Å². The lowest BCUT2D eigenvalue weighted by Crippen LogP contribution is -1.95. The molecule has 2 aromatic rings. The lowest BCUT2D eigenvalue weighted by atomic mass is 10.1. The zero-order chi connectivity index (χ0) is 10.8. The van der Waals surface area contributed by atoms with Crippen LogP contribution in [-0.2, 0) is 0 Å². The van der Waals surface area contributed by atoms with Crippen LogP contribution in [0.1, 0.15) is 10.4 Å². The molecular weight excluding hydrogens is 194 g/mol. The Morgan fingerprint density at radius 2 is 1.87 bits per heavy atom. The number of nitro benzene ring substituents is 1. The summed E-state index contributed by atoms with van der Waals surface area (Å²) in [7, 11) is 0. The molecule has 2 aromatic carbocycles. The average Bonchev–Trinajstić information content (AvgIpc) is 2.27. The van der Waals surface area contributed by atoms with E-state index in [9.17, 15) is 14.9 Å². The molecular formula is C11H7NO3. The zero-order valence-corrected chi connectivity index (χ0v) is 7.71. The summed E-state index contributed by atoms with van der Waals surface area (Å²) >= 11 is 0. The van der Waals surface area contributed by atoms with Gasteiger partial charge in [-0.3, -0.25) is 14.9 Å². The molecule has 0 aliphatic heterocycles. The van der Waals surface area contributed by atoms with E-state index in [-0.39, 0.29) is 11.3 Å². The van der Waals surface area contributed by atoms with Gasteiger partial charge < -0.3 is 0 Å². The summed E-state index contributed by atoms with van der Waals surface area (Å²) in [4.78, 5) is 21.0. The fourth-order valence-corrected chi connectivity index (χ4v) is 1.57. The minimum atomic E-state index is -0.522. The first-order valence-electron chi connectivity index (χ1n) is 4.35. The molecule has 0 aliphatic carbocycles. The third-order valence-corrected chi connectivity index (χ3v) is 2.24. The van der Waals surface area contributed by atoms with E-state index < -0.39 is 4.92 Å². The first-order valence-corrected chi connectivity index (χ1v) is 4.35. The third-order valence-electron chi connectivity index (χ3n) is 2.24. The molecule has 0 aromatic heterocycles. The standard InChI is InChI=1S/C11H7NO3/c13-7-9-6-5-8-3-1-2-4-10(8)11(9)12(14)15/h1-7H. The Kier molecular flexibility index (Phi) is 2.17. The van der Waals surface area contributed by atoms with Gasteiger partial charge in [0.05, 0.1) is 15.9 Å². The molecule has 4 nitrogen and oxygen atoms in total. The molecule has 0 radical (unpaired) electrons. The zero-order valence-electron chi connectivity index (χ0n) is 7.71. The number of carbonyl (C=O) groups is 1. The maximum absolute atomic E-state index is 10.8. The third kappa shape index (κ3) is 1.46. The van der Waals surface area contributed by atoms with Gasteiger partial charge in [0.15, 0.2) is 6.29 Å². The van der Waals surface area contributed by atoms with Crippen LogP contribution in [0.25, 0.3) is 10.8 Å². The van der Waals surface area contributed by atoms with Crippen LogP contribution in [-0.4, -0.2) is 11.2 Å².